The molecule has 0 fully saturated rings. The molecule has 5 nitrogen and oxygen atoms in total. The van der Waals surface area contributed by atoms with E-state index in [0.717, 1.165) is 29.4 Å². The highest BCUT2D eigenvalue weighted by Gasteiger charge is 2.05. The Balaban J connectivity index is 2.25. The first kappa shape index (κ1) is 13.1. The molecule has 0 radical (unpaired) electrons. The maximum absolute atomic E-state index is 5.33. The van der Waals surface area contributed by atoms with Crippen molar-refractivity contribution in [1.82, 2.24) is 9.97 Å². The summed E-state index contributed by atoms with van der Waals surface area (Å²) in [7, 11) is 1.65. The predicted molar refractivity (Wildman–Crippen MR) is 77.2 cm³/mol. The number of hydrogen-bond donors (Lipinski definition) is 2. The lowest BCUT2D eigenvalue weighted by Gasteiger charge is -2.12. The van der Waals surface area contributed by atoms with E-state index in [4.69, 9.17) is 4.74 Å². The molecular formula is C14H18N4O. The molecule has 0 unspecified atom stereocenters. The molecule has 0 bridgehead atoms. The molecule has 1 aromatic carbocycles. The van der Waals surface area contributed by atoms with Gasteiger partial charge in [-0.15, -0.1) is 0 Å². The van der Waals surface area contributed by atoms with E-state index in [-0.39, 0.29) is 0 Å². The zero-order chi connectivity index (χ0) is 13.7. The summed E-state index contributed by atoms with van der Waals surface area (Å²) in [5.74, 6) is 2.13. The molecule has 2 rings (SSSR count). The Morgan fingerprint density at radius 1 is 1.26 bits per heavy atom. The van der Waals surface area contributed by atoms with Crippen LogP contribution in [0.15, 0.2) is 30.5 Å². The van der Waals surface area contributed by atoms with Gasteiger partial charge in [0.1, 0.15) is 11.6 Å². The minimum atomic E-state index is 0.610. The maximum atomic E-state index is 5.33. The summed E-state index contributed by atoms with van der Waals surface area (Å²) in [4.78, 5) is 8.51. The van der Waals surface area contributed by atoms with E-state index in [1.165, 1.54) is 0 Å². The number of rotatable bonds is 5. The summed E-state index contributed by atoms with van der Waals surface area (Å²) in [6.07, 6.45) is 1.72. The quantitative estimate of drug-likeness (QED) is 0.863. The Hall–Kier alpha value is -2.30. The van der Waals surface area contributed by atoms with Gasteiger partial charge in [0.05, 0.1) is 12.8 Å². The van der Waals surface area contributed by atoms with Gasteiger partial charge in [0.15, 0.2) is 0 Å². The Labute approximate surface area is 113 Å². The number of hydrogen-bond acceptors (Lipinski definition) is 5. The normalized spacial score (nSPS) is 10.1. The summed E-state index contributed by atoms with van der Waals surface area (Å²) < 4.78 is 5.33. The molecule has 1 heterocycles. The van der Waals surface area contributed by atoms with Crippen LogP contribution < -0.4 is 15.4 Å². The number of aryl methyl sites for hydroxylation is 1. The highest BCUT2D eigenvalue weighted by Crippen LogP contribution is 2.27. The van der Waals surface area contributed by atoms with Crippen LogP contribution in [0.3, 0.4) is 0 Å². The van der Waals surface area contributed by atoms with Crippen molar-refractivity contribution in [2.45, 2.75) is 13.8 Å². The van der Waals surface area contributed by atoms with E-state index in [9.17, 15) is 0 Å². The number of benzene rings is 1. The van der Waals surface area contributed by atoms with Crippen LogP contribution in [0.5, 0.6) is 5.75 Å². The van der Waals surface area contributed by atoms with Crippen molar-refractivity contribution in [2.24, 2.45) is 0 Å². The minimum absolute atomic E-state index is 0.610. The smallest absolute Gasteiger partial charge is 0.224 e. The largest absolute Gasteiger partial charge is 0.495 e. The van der Waals surface area contributed by atoms with E-state index in [2.05, 4.69) is 20.6 Å². The molecule has 5 heteroatoms. The highest BCUT2D eigenvalue weighted by molar-refractivity contribution is 5.65. The second kappa shape index (κ2) is 6.04. The van der Waals surface area contributed by atoms with Gasteiger partial charge in [0.2, 0.25) is 5.95 Å². The summed E-state index contributed by atoms with van der Waals surface area (Å²) in [6.45, 7) is 4.83. The third-order valence-corrected chi connectivity index (χ3v) is 2.61. The monoisotopic (exact) mass is 258 g/mol. The van der Waals surface area contributed by atoms with Crippen molar-refractivity contribution in [2.75, 3.05) is 24.3 Å². The fourth-order valence-electron chi connectivity index (χ4n) is 1.73. The molecule has 0 amide bonds. The van der Waals surface area contributed by atoms with Gasteiger partial charge in [0, 0.05) is 12.7 Å². The molecule has 2 aromatic rings. The summed E-state index contributed by atoms with van der Waals surface area (Å²) in [5.41, 5.74) is 2.05. The lowest BCUT2D eigenvalue weighted by atomic mass is 10.2. The number of anilines is 3. The summed E-state index contributed by atoms with van der Waals surface area (Å²) in [5, 5.41) is 6.33. The fraction of sp³-hybridized carbons (Fsp3) is 0.286. The average molecular weight is 258 g/mol. The molecule has 0 aliphatic carbocycles. The first-order valence-electron chi connectivity index (χ1n) is 6.21. The average Bonchev–Trinajstić information content (AvgIpc) is 2.40. The van der Waals surface area contributed by atoms with E-state index >= 15 is 0 Å². The van der Waals surface area contributed by atoms with Gasteiger partial charge in [-0.3, -0.25) is 0 Å². The van der Waals surface area contributed by atoms with Gasteiger partial charge >= 0.3 is 0 Å². The minimum Gasteiger partial charge on any atom is -0.495 e. The standard InChI is InChI=1S/C14H18N4O/c1-4-15-14-16-8-7-13(18-14)17-11-9-10(2)5-6-12(11)19-3/h5-9H,4H2,1-3H3,(H2,15,16,17,18). The van der Waals surface area contributed by atoms with Crippen molar-refractivity contribution >= 4 is 17.5 Å². The van der Waals surface area contributed by atoms with E-state index < -0.39 is 0 Å². The number of nitrogens with zero attached hydrogens (tertiary/aromatic N) is 2. The number of nitrogens with one attached hydrogen (secondary N) is 2. The Morgan fingerprint density at radius 2 is 2.11 bits per heavy atom. The van der Waals surface area contributed by atoms with Gasteiger partial charge in [-0.25, -0.2) is 4.98 Å². The lowest BCUT2D eigenvalue weighted by molar-refractivity contribution is 0.416. The Morgan fingerprint density at radius 3 is 2.84 bits per heavy atom. The molecule has 0 aliphatic heterocycles. The van der Waals surface area contributed by atoms with Gasteiger partial charge in [0.25, 0.3) is 0 Å². The van der Waals surface area contributed by atoms with Crippen molar-refractivity contribution in [1.29, 1.82) is 0 Å². The Kier molecular flexibility index (Phi) is 4.18. The van der Waals surface area contributed by atoms with Crippen molar-refractivity contribution in [3.05, 3.63) is 36.0 Å². The van der Waals surface area contributed by atoms with Crippen LogP contribution in [0.2, 0.25) is 0 Å². The first-order chi connectivity index (χ1) is 9.22. The van der Waals surface area contributed by atoms with Crippen LogP contribution >= 0.6 is 0 Å². The number of aromatic nitrogens is 2. The van der Waals surface area contributed by atoms with Crippen molar-refractivity contribution in [3.8, 4) is 5.75 Å². The zero-order valence-electron chi connectivity index (χ0n) is 11.4. The van der Waals surface area contributed by atoms with Gasteiger partial charge in [-0.1, -0.05) is 6.07 Å². The topological polar surface area (TPSA) is 59.1 Å². The Bertz CT molecular complexity index is 557. The maximum Gasteiger partial charge on any atom is 0.224 e. The molecule has 2 N–H and O–H groups in total. The van der Waals surface area contributed by atoms with Gasteiger partial charge < -0.3 is 15.4 Å². The van der Waals surface area contributed by atoms with Crippen LogP contribution in [0.4, 0.5) is 17.5 Å². The molecule has 0 saturated heterocycles. The van der Waals surface area contributed by atoms with E-state index in [0.29, 0.717) is 5.95 Å². The zero-order valence-corrected chi connectivity index (χ0v) is 11.4. The molecule has 0 atom stereocenters. The second-order valence-corrected chi connectivity index (χ2v) is 4.12. The van der Waals surface area contributed by atoms with Gasteiger partial charge in [-0.05, 0) is 37.6 Å². The van der Waals surface area contributed by atoms with Crippen LogP contribution in [0, 0.1) is 6.92 Å². The van der Waals surface area contributed by atoms with Crippen LogP contribution in [0.25, 0.3) is 0 Å². The van der Waals surface area contributed by atoms with Crippen LogP contribution in [-0.2, 0) is 0 Å². The molecule has 1 aromatic heterocycles. The highest BCUT2D eigenvalue weighted by atomic mass is 16.5. The van der Waals surface area contributed by atoms with Crippen molar-refractivity contribution < 1.29 is 4.74 Å². The number of methoxy groups -OCH3 is 1. The molecule has 100 valence electrons. The van der Waals surface area contributed by atoms with Crippen LogP contribution in [-0.4, -0.2) is 23.6 Å². The molecule has 0 saturated carbocycles. The van der Waals surface area contributed by atoms with Crippen LogP contribution in [0.1, 0.15) is 12.5 Å². The number of ether oxygens (including phenoxy) is 1. The molecule has 19 heavy (non-hydrogen) atoms. The summed E-state index contributed by atoms with van der Waals surface area (Å²) in [6, 6.07) is 7.79. The summed E-state index contributed by atoms with van der Waals surface area (Å²) >= 11 is 0. The SMILES string of the molecule is CCNc1nccc(Nc2cc(C)ccc2OC)n1. The molecule has 0 spiro atoms. The van der Waals surface area contributed by atoms with Crippen molar-refractivity contribution in [3.63, 3.8) is 0 Å². The second-order valence-electron chi connectivity index (χ2n) is 4.12. The first-order valence-corrected chi connectivity index (χ1v) is 6.21. The third-order valence-electron chi connectivity index (χ3n) is 2.61. The van der Waals surface area contributed by atoms with Gasteiger partial charge in [-0.2, -0.15) is 4.98 Å². The third kappa shape index (κ3) is 3.34. The lowest BCUT2D eigenvalue weighted by Crippen LogP contribution is -2.04. The molecular weight excluding hydrogens is 240 g/mol. The van der Waals surface area contributed by atoms with E-state index in [1.54, 1.807) is 13.3 Å². The molecule has 0 aliphatic rings. The van der Waals surface area contributed by atoms with E-state index in [1.807, 2.05) is 38.1 Å². The predicted octanol–water partition coefficient (Wildman–Crippen LogP) is 2.97. The fourth-order valence-corrected chi connectivity index (χ4v) is 1.73.